The highest BCUT2D eigenvalue weighted by Crippen LogP contribution is 2.12. The van der Waals surface area contributed by atoms with E-state index in [-0.39, 0.29) is 5.82 Å². The van der Waals surface area contributed by atoms with Gasteiger partial charge in [-0.3, -0.25) is 0 Å². The highest BCUT2D eigenvalue weighted by atomic mass is 32.1. The zero-order valence-corrected chi connectivity index (χ0v) is 12.5. The molecule has 0 aliphatic rings. The topological polar surface area (TPSA) is 24.1 Å². The molecule has 1 aromatic rings. The van der Waals surface area contributed by atoms with Gasteiger partial charge in [-0.1, -0.05) is 33.1 Å². The molecule has 0 saturated carbocycles. The van der Waals surface area contributed by atoms with Crippen molar-refractivity contribution in [3.8, 4) is 0 Å². The molecule has 1 atom stereocenters. The summed E-state index contributed by atoms with van der Waals surface area (Å²) in [6, 6.07) is 6.19. The SMILES string of the molecule is CCCC[C@@H](CC)CNC(=S)Nc1ccc(F)cc1. The predicted octanol–water partition coefficient (Wildman–Crippen LogP) is 4.33. The van der Waals surface area contributed by atoms with E-state index in [0.717, 1.165) is 18.7 Å². The van der Waals surface area contributed by atoms with Gasteiger partial charge in [0.2, 0.25) is 0 Å². The molecule has 0 aliphatic carbocycles. The Morgan fingerprint density at radius 1 is 1.26 bits per heavy atom. The molecule has 1 aromatic carbocycles. The zero-order valence-electron chi connectivity index (χ0n) is 11.7. The van der Waals surface area contributed by atoms with Crippen LogP contribution >= 0.6 is 12.2 Å². The molecule has 106 valence electrons. The molecule has 0 saturated heterocycles. The fourth-order valence-corrected chi connectivity index (χ4v) is 2.09. The Bertz CT molecular complexity index is 378. The average Bonchev–Trinajstić information content (AvgIpc) is 2.42. The molecular weight excluding hydrogens is 259 g/mol. The number of unbranched alkanes of at least 4 members (excludes halogenated alkanes) is 1. The molecule has 0 amide bonds. The summed E-state index contributed by atoms with van der Waals surface area (Å²) in [4.78, 5) is 0. The molecule has 2 nitrogen and oxygen atoms in total. The quantitative estimate of drug-likeness (QED) is 0.728. The van der Waals surface area contributed by atoms with Gasteiger partial charge in [0.05, 0.1) is 0 Å². The maximum absolute atomic E-state index is 12.8. The molecular formula is C15H23FN2S. The number of nitrogens with one attached hydrogen (secondary N) is 2. The molecule has 0 bridgehead atoms. The van der Waals surface area contributed by atoms with Gasteiger partial charge in [0.25, 0.3) is 0 Å². The fraction of sp³-hybridized carbons (Fsp3) is 0.533. The Labute approximate surface area is 120 Å². The minimum atomic E-state index is -0.241. The molecule has 1 rings (SSSR count). The van der Waals surface area contributed by atoms with Crippen molar-refractivity contribution in [1.82, 2.24) is 5.32 Å². The van der Waals surface area contributed by atoms with Crippen LogP contribution in [0.4, 0.5) is 10.1 Å². The molecule has 0 fully saturated rings. The molecule has 0 aromatic heterocycles. The molecule has 0 aliphatic heterocycles. The summed E-state index contributed by atoms with van der Waals surface area (Å²) in [5.74, 6) is 0.419. The van der Waals surface area contributed by atoms with Gasteiger partial charge in [-0.15, -0.1) is 0 Å². The van der Waals surface area contributed by atoms with Gasteiger partial charge >= 0.3 is 0 Å². The lowest BCUT2D eigenvalue weighted by Crippen LogP contribution is -2.32. The molecule has 0 radical (unpaired) electrons. The monoisotopic (exact) mass is 282 g/mol. The second-order valence-corrected chi connectivity index (χ2v) is 5.17. The van der Waals surface area contributed by atoms with E-state index in [1.54, 1.807) is 12.1 Å². The lowest BCUT2D eigenvalue weighted by atomic mass is 9.99. The minimum Gasteiger partial charge on any atom is -0.362 e. The van der Waals surface area contributed by atoms with E-state index < -0.39 is 0 Å². The van der Waals surface area contributed by atoms with Crippen LogP contribution < -0.4 is 10.6 Å². The first kappa shape index (κ1) is 15.9. The lowest BCUT2D eigenvalue weighted by Gasteiger charge is -2.17. The van der Waals surface area contributed by atoms with E-state index in [2.05, 4.69) is 24.5 Å². The molecule has 0 unspecified atom stereocenters. The Hall–Kier alpha value is -1.16. The van der Waals surface area contributed by atoms with Crippen molar-refractivity contribution in [2.45, 2.75) is 39.5 Å². The maximum atomic E-state index is 12.8. The Morgan fingerprint density at radius 2 is 1.95 bits per heavy atom. The molecule has 2 N–H and O–H groups in total. The Balaban J connectivity index is 2.32. The molecule has 19 heavy (non-hydrogen) atoms. The van der Waals surface area contributed by atoms with Gasteiger partial charge in [0.1, 0.15) is 5.82 Å². The standard InChI is InChI=1S/C15H23FN2S/c1-3-5-6-12(4-2)11-17-15(19)18-14-9-7-13(16)8-10-14/h7-10,12H,3-6,11H2,1-2H3,(H2,17,18,19)/t12-/m1/s1. The first-order valence-electron chi connectivity index (χ1n) is 6.96. The van der Waals surface area contributed by atoms with Gasteiger partial charge in [-0.2, -0.15) is 0 Å². The summed E-state index contributed by atoms with van der Waals surface area (Å²) in [7, 11) is 0. The van der Waals surface area contributed by atoms with Gasteiger partial charge < -0.3 is 10.6 Å². The van der Waals surface area contributed by atoms with Crippen LogP contribution in [0, 0.1) is 11.7 Å². The number of halogens is 1. The number of benzene rings is 1. The fourth-order valence-electron chi connectivity index (χ4n) is 1.89. The van der Waals surface area contributed by atoms with Crippen LogP contribution in [-0.2, 0) is 0 Å². The number of anilines is 1. The smallest absolute Gasteiger partial charge is 0.170 e. The minimum absolute atomic E-state index is 0.241. The van der Waals surface area contributed by atoms with Crippen molar-refractivity contribution in [2.75, 3.05) is 11.9 Å². The predicted molar refractivity (Wildman–Crippen MR) is 83.9 cm³/mol. The number of rotatable bonds is 7. The summed E-state index contributed by atoms with van der Waals surface area (Å²) in [6.07, 6.45) is 4.89. The van der Waals surface area contributed by atoms with E-state index in [1.165, 1.54) is 31.4 Å². The third-order valence-electron chi connectivity index (χ3n) is 3.20. The maximum Gasteiger partial charge on any atom is 0.170 e. The van der Waals surface area contributed by atoms with E-state index in [0.29, 0.717) is 11.0 Å². The van der Waals surface area contributed by atoms with Crippen LogP contribution in [0.25, 0.3) is 0 Å². The third kappa shape index (κ3) is 6.53. The van der Waals surface area contributed by atoms with Crippen LogP contribution in [0.3, 0.4) is 0 Å². The summed E-state index contributed by atoms with van der Waals surface area (Å²) in [6.45, 7) is 5.31. The number of hydrogen-bond donors (Lipinski definition) is 2. The molecule has 4 heteroatoms. The van der Waals surface area contributed by atoms with Gasteiger partial charge in [-0.05, 0) is 48.8 Å². The molecule has 0 heterocycles. The second-order valence-electron chi connectivity index (χ2n) is 4.76. The first-order valence-corrected chi connectivity index (χ1v) is 7.37. The van der Waals surface area contributed by atoms with E-state index in [9.17, 15) is 4.39 Å². The summed E-state index contributed by atoms with van der Waals surface area (Å²) in [5, 5.41) is 6.89. The van der Waals surface area contributed by atoms with Crippen molar-refractivity contribution in [3.05, 3.63) is 30.1 Å². The van der Waals surface area contributed by atoms with Crippen LogP contribution in [0.1, 0.15) is 39.5 Å². The van der Waals surface area contributed by atoms with Crippen LogP contribution in [0.15, 0.2) is 24.3 Å². The Morgan fingerprint density at radius 3 is 2.53 bits per heavy atom. The normalized spacial score (nSPS) is 11.9. The van der Waals surface area contributed by atoms with Gasteiger partial charge in [-0.25, -0.2) is 4.39 Å². The summed E-state index contributed by atoms with van der Waals surface area (Å²) >= 11 is 5.23. The van der Waals surface area contributed by atoms with Crippen molar-refractivity contribution in [3.63, 3.8) is 0 Å². The van der Waals surface area contributed by atoms with Crippen LogP contribution in [0.2, 0.25) is 0 Å². The van der Waals surface area contributed by atoms with E-state index >= 15 is 0 Å². The lowest BCUT2D eigenvalue weighted by molar-refractivity contribution is 0.446. The van der Waals surface area contributed by atoms with Gasteiger partial charge in [0.15, 0.2) is 5.11 Å². The summed E-state index contributed by atoms with van der Waals surface area (Å²) < 4.78 is 12.8. The molecule has 0 spiro atoms. The second kappa shape index (κ2) is 8.86. The van der Waals surface area contributed by atoms with Crippen LogP contribution in [-0.4, -0.2) is 11.7 Å². The summed E-state index contributed by atoms with van der Waals surface area (Å²) in [5.41, 5.74) is 0.806. The number of thiocarbonyl (C=S) groups is 1. The third-order valence-corrected chi connectivity index (χ3v) is 3.44. The number of hydrogen-bond acceptors (Lipinski definition) is 1. The highest BCUT2D eigenvalue weighted by Gasteiger charge is 2.06. The average molecular weight is 282 g/mol. The van der Waals surface area contributed by atoms with Crippen molar-refractivity contribution < 1.29 is 4.39 Å². The van der Waals surface area contributed by atoms with Gasteiger partial charge in [0, 0.05) is 12.2 Å². The van der Waals surface area contributed by atoms with Crippen molar-refractivity contribution in [2.24, 2.45) is 5.92 Å². The van der Waals surface area contributed by atoms with Crippen molar-refractivity contribution in [1.29, 1.82) is 0 Å². The Kier molecular flexibility index (Phi) is 7.41. The van der Waals surface area contributed by atoms with Crippen LogP contribution in [0.5, 0.6) is 0 Å². The van der Waals surface area contributed by atoms with Crippen molar-refractivity contribution >= 4 is 23.0 Å². The van der Waals surface area contributed by atoms with E-state index in [1.807, 2.05) is 0 Å². The largest absolute Gasteiger partial charge is 0.362 e. The first-order chi connectivity index (χ1) is 9.15. The highest BCUT2D eigenvalue weighted by molar-refractivity contribution is 7.80. The zero-order chi connectivity index (χ0) is 14.1. The van der Waals surface area contributed by atoms with E-state index in [4.69, 9.17) is 12.2 Å².